The molecule has 132 valence electrons. The Kier molecular flexibility index (Phi) is 5.40. The summed E-state index contributed by atoms with van der Waals surface area (Å²) in [4.78, 5) is 20.9. The highest BCUT2D eigenvalue weighted by Crippen LogP contribution is 2.24. The molecule has 0 radical (unpaired) electrons. The summed E-state index contributed by atoms with van der Waals surface area (Å²) < 4.78 is 0. The smallest absolute Gasteiger partial charge is 0.274 e. The number of amides is 1. The normalized spacial score (nSPS) is 10.5. The fourth-order valence-corrected chi connectivity index (χ4v) is 3.02. The summed E-state index contributed by atoms with van der Waals surface area (Å²) in [5.74, 6) is -0.0329. The van der Waals surface area contributed by atoms with Crippen LogP contribution in [0, 0.1) is 13.8 Å². The molecule has 0 unspecified atom stereocenters. The standard InChI is InChI=1S/C19H16Cl2N4O/c1-11-4-3-5-12(2)17(11)25-19-22-7-6-16(24-19)18(26)23-15-9-13(20)8-14(21)10-15/h3-10H,1-2H3,(H,23,26)(H,22,24,25). The number of nitrogens with zero attached hydrogens (tertiary/aromatic N) is 2. The highest BCUT2D eigenvalue weighted by molar-refractivity contribution is 6.35. The molecule has 0 bridgehead atoms. The van der Waals surface area contributed by atoms with E-state index in [1.807, 2.05) is 32.0 Å². The summed E-state index contributed by atoms with van der Waals surface area (Å²) in [7, 11) is 0. The lowest BCUT2D eigenvalue weighted by molar-refractivity contribution is 0.102. The van der Waals surface area contributed by atoms with Crippen molar-refractivity contribution in [1.82, 2.24) is 9.97 Å². The van der Waals surface area contributed by atoms with E-state index in [1.165, 1.54) is 12.3 Å². The van der Waals surface area contributed by atoms with Crippen LogP contribution < -0.4 is 10.6 Å². The molecule has 0 aliphatic heterocycles. The van der Waals surface area contributed by atoms with Gasteiger partial charge in [-0.3, -0.25) is 4.79 Å². The molecular weight excluding hydrogens is 371 g/mol. The van der Waals surface area contributed by atoms with E-state index in [0.29, 0.717) is 21.7 Å². The highest BCUT2D eigenvalue weighted by atomic mass is 35.5. The molecule has 2 aromatic carbocycles. The van der Waals surface area contributed by atoms with E-state index in [-0.39, 0.29) is 11.6 Å². The van der Waals surface area contributed by atoms with E-state index in [1.54, 1.807) is 18.2 Å². The SMILES string of the molecule is Cc1cccc(C)c1Nc1nccc(C(=O)Nc2cc(Cl)cc(Cl)c2)n1. The average molecular weight is 387 g/mol. The third-order valence-corrected chi connectivity index (χ3v) is 4.16. The molecule has 0 fully saturated rings. The van der Waals surface area contributed by atoms with Crippen LogP contribution in [0.4, 0.5) is 17.3 Å². The molecule has 1 amide bonds. The van der Waals surface area contributed by atoms with Gasteiger partial charge in [0.05, 0.1) is 0 Å². The first-order valence-corrected chi connectivity index (χ1v) is 8.62. The summed E-state index contributed by atoms with van der Waals surface area (Å²) in [5.41, 5.74) is 3.78. The maximum absolute atomic E-state index is 12.5. The van der Waals surface area contributed by atoms with Gasteiger partial charge in [0, 0.05) is 27.6 Å². The second-order valence-electron chi connectivity index (χ2n) is 5.77. The van der Waals surface area contributed by atoms with Crippen molar-refractivity contribution in [1.29, 1.82) is 0 Å². The lowest BCUT2D eigenvalue weighted by Crippen LogP contribution is -2.15. The van der Waals surface area contributed by atoms with Crippen molar-refractivity contribution in [3.8, 4) is 0 Å². The van der Waals surface area contributed by atoms with Gasteiger partial charge >= 0.3 is 0 Å². The predicted octanol–water partition coefficient (Wildman–Crippen LogP) is 5.40. The van der Waals surface area contributed by atoms with Gasteiger partial charge < -0.3 is 10.6 Å². The van der Waals surface area contributed by atoms with Gasteiger partial charge in [-0.15, -0.1) is 0 Å². The Hall–Kier alpha value is -2.63. The second-order valence-corrected chi connectivity index (χ2v) is 6.64. The Morgan fingerprint density at radius 1 is 1.00 bits per heavy atom. The van der Waals surface area contributed by atoms with Crippen LogP contribution in [0.1, 0.15) is 21.6 Å². The third-order valence-electron chi connectivity index (χ3n) is 3.73. The maximum atomic E-state index is 12.5. The topological polar surface area (TPSA) is 66.9 Å². The summed E-state index contributed by atoms with van der Waals surface area (Å²) in [5, 5.41) is 6.78. The Balaban J connectivity index is 1.81. The number of aryl methyl sites for hydroxylation is 2. The first kappa shape index (κ1) is 18.2. The monoisotopic (exact) mass is 386 g/mol. The molecule has 26 heavy (non-hydrogen) atoms. The Labute approximate surface area is 161 Å². The number of rotatable bonds is 4. The zero-order valence-corrected chi connectivity index (χ0v) is 15.7. The number of carbonyl (C=O) groups excluding carboxylic acids is 1. The van der Waals surface area contributed by atoms with Crippen molar-refractivity contribution in [3.63, 3.8) is 0 Å². The Bertz CT molecular complexity index is 935. The molecule has 1 heterocycles. The number of para-hydroxylation sites is 1. The minimum atomic E-state index is -0.379. The number of benzene rings is 2. The van der Waals surface area contributed by atoms with Crippen LogP contribution in [0.5, 0.6) is 0 Å². The molecule has 1 aromatic heterocycles. The summed E-state index contributed by atoms with van der Waals surface area (Å²) in [6.07, 6.45) is 1.53. The molecule has 7 heteroatoms. The number of hydrogen-bond acceptors (Lipinski definition) is 4. The van der Waals surface area contributed by atoms with Crippen molar-refractivity contribution in [2.75, 3.05) is 10.6 Å². The summed E-state index contributed by atoms with van der Waals surface area (Å²) in [6.45, 7) is 3.99. The van der Waals surface area contributed by atoms with E-state index in [0.717, 1.165) is 16.8 Å². The van der Waals surface area contributed by atoms with E-state index in [9.17, 15) is 4.79 Å². The van der Waals surface area contributed by atoms with Crippen LogP contribution >= 0.6 is 23.2 Å². The fourth-order valence-electron chi connectivity index (χ4n) is 2.49. The predicted molar refractivity (Wildman–Crippen MR) is 106 cm³/mol. The molecule has 3 rings (SSSR count). The molecule has 2 N–H and O–H groups in total. The zero-order valence-electron chi connectivity index (χ0n) is 14.2. The van der Waals surface area contributed by atoms with Crippen LogP contribution in [0.25, 0.3) is 0 Å². The summed E-state index contributed by atoms with van der Waals surface area (Å²) >= 11 is 11.9. The molecule has 5 nitrogen and oxygen atoms in total. The number of hydrogen-bond donors (Lipinski definition) is 2. The van der Waals surface area contributed by atoms with Crippen molar-refractivity contribution in [2.24, 2.45) is 0 Å². The fraction of sp³-hybridized carbons (Fsp3) is 0.105. The van der Waals surface area contributed by atoms with Crippen LogP contribution in [0.3, 0.4) is 0 Å². The highest BCUT2D eigenvalue weighted by Gasteiger charge is 2.11. The van der Waals surface area contributed by atoms with Gasteiger partial charge in [0.2, 0.25) is 5.95 Å². The average Bonchev–Trinajstić information content (AvgIpc) is 2.57. The lowest BCUT2D eigenvalue weighted by atomic mass is 10.1. The Morgan fingerprint density at radius 2 is 1.65 bits per heavy atom. The number of aromatic nitrogens is 2. The minimum Gasteiger partial charge on any atom is -0.324 e. The molecule has 0 aliphatic carbocycles. The molecule has 3 aromatic rings. The van der Waals surface area contributed by atoms with Gasteiger partial charge in [0.1, 0.15) is 5.69 Å². The molecule has 0 spiro atoms. The number of anilines is 3. The van der Waals surface area contributed by atoms with Crippen molar-refractivity contribution in [2.45, 2.75) is 13.8 Å². The third kappa shape index (κ3) is 4.31. The van der Waals surface area contributed by atoms with Crippen LogP contribution in [0.2, 0.25) is 10.0 Å². The summed E-state index contributed by atoms with van der Waals surface area (Å²) in [6, 6.07) is 12.3. The first-order chi connectivity index (χ1) is 12.4. The Morgan fingerprint density at radius 3 is 2.31 bits per heavy atom. The molecule has 0 atom stereocenters. The van der Waals surface area contributed by atoms with Crippen molar-refractivity contribution >= 4 is 46.4 Å². The van der Waals surface area contributed by atoms with Crippen LogP contribution in [-0.2, 0) is 0 Å². The second kappa shape index (κ2) is 7.72. The van der Waals surface area contributed by atoms with E-state index < -0.39 is 0 Å². The number of nitrogens with one attached hydrogen (secondary N) is 2. The van der Waals surface area contributed by atoms with Gasteiger partial charge in [-0.2, -0.15) is 0 Å². The number of halogens is 2. The van der Waals surface area contributed by atoms with Gasteiger partial charge in [-0.25, -0.2) is 9.97 Å². The van der Waals surface area contributed by atoms with Crippen LogP contribution in [-0.4, -0.2) is 15.9 Å². The quantitative estimate of drug-likeness (QED) is 0.629. The minimum absolute atomic E-state index is 0.227. The van der Waals surface area contributed by atoms with Gasteiger partial charge in [0.15, 0.2) is 0 Å². The zero-order chi connectivity index (χ0) is 18.7. The van der Waals surface area contributed by atoms with E-state index >= 15 is 0 Å². The first-order valence-electron chi connectivity index (χ1n) is 7.86. The van der Waals surface area contributed by atoms with Crippen molar-refractivity contribution in [3.05, 3.63) is 75.5 Å². The molecule has 0 saturated carbocycles. The van der Waals surface area contributed by atoms with Gasteiger partial charge in [-0.1, -0.05) is 41.4 Å². The van der Waals surface area contributed by atoms with E-state index in [4.69, 9.17) is 23.2 Å². The van der Waals surface area contributed by atoms with Crippen molar-refractivity contribution < 1.29 is 4.79 Å². The maximum Gasteiger partial charge on any atom is 0.274 e. The van der Waals surface area contributed by atoms with Gasteiger partial charge in [-0.05, 0) is 49.2 Å². The lowest BCUT2D eigenvalue weighted by Gasteiger charge is -2.12. The van der Waals surface area contributed by atoms with Crippen LogP contribution in [0.15, 0.2) is 48.7 Å². The van der Waals surface area contributed by atoms with Gasteiger partial charge in [0.25, 0.3) is 5.91 Å². The number of carbonyl (C=O) groups is 1. The largest absolute Gasteiger partial charge is 0.324 e. The molecule has 0 aliphatic rings. The molecular formula is C19H16Cl2N4O. The van der Waals surface area contributed by atoms with E-state index in [2.05, 4.69) is 20.6 Å². The molecule has 0 saturated heterocycles.